The van der Waals surface area contributed by atoms with E-state index in [2.05, 4.69) is 223 Å². The number of pyridine rings is 1. The largest absolute Gasteiger partial charge is 0.291 e. The minimum absolute atomic E-state index is 0.391. The molecule has 9 aromatic carbocycles. The fraction of sp³-hybridized carbons (Fsp3) is 0.0172. The Balaban J connectivity index is 0.885. The van der Waals surface area contributed by atoms with Crippen LogP contribution < -0.4 is 0 Å². The molecule has 0 N–H and O–H groups in total. The van der Waals surface area contributed by atoms with Gasteiger partial charge in [-0.1, -0.05) is 194 Å². The highest BCUT2D eigenvalue weighted by Crippen LogP contribution is 2.56. The van der Waals surface area contributed by atoms with Gasteiger partial charge < -0.3 is 0 Å². The SMILES string of the molecule is c1ccc(C2(c3ccccc3)c3ccccc3-c3cc(-c4ccc(-c5ccc(-c6cc7c8ccc9ccccc9c8sc7c7nc8ccccc8n67)cc5)cc4)ccc32)cc1. The van der Waals surface area contributed by atoms with Crippen molar-refractivity contribution in [3.8, 4) is 44.6 Å². The number of rotatable bonds is 5. The second-order valence-electron chi connectivity index (χ2n) is 16.2. The zero-order chi connectivity index (χ0) is 40.1. The van der Waals surface area contributed by atoms with Gasteiger partial charge in [0.1, 0.15) is 0 Å². The van der Waals surface area contributed by atoms with Gasteiger partial charge in [-0.15, -0.1) is 11.3 Å². The van der Waals surface area contributed by atoms with Crippen molar-refractivity contribution in [2.24, 2.45) is 0 Å². The van der Waals surface area contributed by atoms with Gasteiger partial charge in [0.15, 0.2) is 5.65 Å². The summed E-state index contributed by atoms with van der Waals surface area (Å²) in [5.41, 5.74) is 17.7. The highest BCUT2D eigenvalue weighted by Gasteiger charge is 2.45. The first-order valence-corrected chi connectivity index (χ1v) is 21.8. The van der Waals surface area contributed by atoms with Crippen LogP contribution >= 0.6 is 11.3 Å². The third kappa shape index (κ3) is 4.99. The predicted octanol–water partition coefficient (Wildman–Crippen LogP) is 15.4. The highest BCUT2D eigenvalue weighted by atomic mass is 32.1. The molecule has 0 unspecified atom stereocenters. The fourth-order valence-electron chi connectivity index (χ4n) is 10.3. The molecule has 0 radical (unpaired) electrons. The van der Waals surface area contributed by atoms with Gasteiger partial charge in [-0.2, -0.15) is 0 Å². The van der Waals surface area contributed by atoms with Crippen LogP contribution in [0.2, 0.25) is 0 Å². The summed E-state index contributed by atoms with van der Waals surface area (Å²) in [7, 11) is 0. The maximum Gasteiger partial charge on any atom is 0.156 e. The van der Waals surface area contributed by atoms with E-state index in [-0.39, 0.29) is 0 Å². The maximum atomic E-state index is 5.24. The molecule has 0 saturated heterocycles. The molecular weight excluding hydrogens is 757 g/mol. The number of hydrogen-bond donors (Lipinski definition) is 0. The number of imidazole rings is 1. The van der Waals surface area contributed by atoms with Crippen molar-refractivity contribution in [2.45, 2.75) is 5.41 Å². The summed E-state index contributed by atoms with van der Waals surface area (Å²) in [6.07, 6.45) is 0. The van der Waals surface area contributed by atoms with Gasteiger partial charge in [-0.25, -0.2) is 4.98 Å². The maximum absolute atomic E-state index is 5.24. The smallest absolute Gasteiger partial charge is 0.156 e. The molecule has 0 bridgehead atoms. The lowest BCUT2D eigenvalue weighted by molar-refractivity contribution is 0.768. The van der Waals surface area contributed by atoms with E-state index in [9.17, 15) is 0 Å². The van der Waals surface area contributed by atoms with Crippen LogP contribution in [0.15, 0.2) is 218 Å². The van der Waals surface area contributed by atoms with Gasteiger partial charge in [0, 0.05) is 15.5 Å². The number of thiophene rings is 1. The lowest BCUT2D eigenvalue weighted by Crippen LogP contribution is -2.28. The summed E-state index contributed by atoms with van der Waals surface area (Å²) in [4.78, 5) is 5.24. The second-order valence-corrected chi connectivity index (χ2v) is 17.3. The zero-order valence-corrected chi connectivity index (χ0v) is 33.9. The van der Waals surface area contributed by atoms with Crippen molar-refractivity contribution in [3.05, 3.63) is 241 Å². The molecule has 3 aromatic heterocycles. The van der Waals surface area contributed by atoms with Crippen molar-refractivity contribution in [3.63, 3.8) is 0 Å². The Kier molecular flexibility index (Phi) is 7.42. The van der Waals surface area contributed by atoms with Gasteiger partial charge in [-0.05, 0) is 96.2 Å². The molecule has 1 aliphatic rings. The average molecular weight is 793 g/mol. The van der Waals surface area contributed by atoms with Gasteiger partial charge in [0.05, 0.1) is 26.8 Å². The first-order chi connectivity index (χ1) is 30.2. The van der Waals surface area contributed by atoms with Crippen molar-refractivity contribution < 1.29 is 0 Å². The number of para-hydroxylation sites is 2. The Morgan fingerprint density at radius 3 is 1.74 bits per heavy atom. The van der Waals surface area contributed by atoms with E-state index < -0.39 is 5.41 Å². The van der Waals surface area contributed by atoms with E-state index in [1.165, 1.54) is 86.6 Å². The molecule has 13 rings (SSSR count). The van der Waals surface area contributed by atoms with Gasteiger partial charge in [0.2, 0.25) is 0 Å². The number of fused-ring (bicyclic) bond motifs is 12. The van der Waals surface area contributed by atoms with Gasteiger partial charge in [0.25, 0.3) is 0 Å². The lowest BCUT2D eigenvalue weighted by atomic mass is 9.67. The standard InChI is InChI=1S/C58H36N2S/c1-3-14-43(15-4-1)58(44-16-5-2-6-17-44)50-20-10-9-19-46(50)48-35-42(32-34-51(48)58)39-25-23-37(24-26-39)38-27-29-41(30-28-38)54-36-49-47-33-31-40-13-7-8-18-45(40)55(47)61-56(49)57-59-52-21-11-12-22-53(52)60(54)57/h1-36H. The Labute approximate surface area is 357 Å². The third-order valence-corrected chi connectivity index (χ3v) is 14.3. The topological polar surface area (TPSA) is 17.3 Å². The quantitative estimate of drug-likeness (QED) is 0.170. The Bertz CT molecular complexity index is 3630. The van der Waals surface area contributed by atoms with Crippen LogP contribution in [0.5, 0.6) is 0 Å². The van der Waals surface area contributed by atoms with Crippen LogP contribution in [0.4, 0.5) is 0 Å². The van der Waals surface area contributed by atoms with Gasteiger partial charge in [-0.3, -0.25) is 4.40 Å². The Morgan fingerprint density at radius 1 is 0.393 bits per heavy atom. The summed E-state index contributed by atoms with van der Waals surface area (Å²) in [5, 5.41) is 5.10. The van der Waals surface area contributed by atoms with Crippen molar-refractivity contribution in [2.75, 3.05) is 0 Å². The monoisotopic (exact) mass is 792 g/mol. The molecule has 0 amide bonds. The first-order valence-electron chi connectivity index (χ1n) is 20.9. The predicted molar refractivity (Wildman–Crippen MR) is 257 cm³/mol. The third-order valence-electron chi connectivity index (χ3n) is 13.1. The molecule has 0 aliphatic heterocycles. The molecular formula is C58H36N2S. The van der Waals surface area contributed by atoms with Crippen LogP contribution in [-0.4, -0.2) is 9.38 Å². The average Bonchev–Trinajstić information content (AvgIpc) is 4.01. The lowest BCUT2D eigenvalue weighted by Gasteiger charge is -2.33. The summed E-state index contributed by atoms with van der Waals surface area (Å²) in [5.74, 6) is 0. The van der Waals surface area contributed by atoms with Crippen LogP contribution in [0.1, 0.15) is 22.3 Å². The van der Waals surface area contributed by atoms with Crippen LogP contribution in [0.25, 0.3) is 92.3 Å². The van der Waals surface area contributed by atoms with Crippen molar-refractivity contribution in [1.82, 2.24) is 9.38 Å². The summed E-state index contributed by atoms with van der Waals surface area (Å²) < 4.78 is 4.90. The van der Waals surface area contributed by atoms with E-state index >= 15 is 0 Å². The molecule has 2 nitrogen and oxygen atoms in total. The van der Waals surface area contributed by atoms with E-state index in [0.717, 1.165) is 27.9 Å². The molecule has 3 heterocycles. The highest BCUT2D eigenvalue weighted by molar-refractivity contribution is 7.27. The molecule has 1 aliphatic carbocycles. The van der Waals surface area contributed by atoms with E-state index in [4.69, 9.17) is 4.98 Å². The molecule has 3 heteroatoms. The normalized spacial score (nSPS) is 13.0. The molecule has 0 fully saturated rings. The fourth-order valence-corrected chi connectivity index (χ4v) is 11.6. The Hall–Kier alpha value is -7.59. The Morgan fingerprint density at radius 2 is 0.984 bits per heavy atom. The van der Waals surface area contributed by atoms with Gasteiger partial charge >= 0.3 is 0 Å². The minimum Gasteiger partial charge on any atom is -0.291 e. The van der Waals surface area contributed by atoms with E-state index in [0.29, 0.717) is 0 Å². The molecule has 0 spiro atoms. The number of hydrogen-bond acceptors (Lipinski definition) is 2. The number of benzene rings is 9. The number of nitrogens with zero attached hydrogens (tertiary/aromatic N) is 2. The second kappa shape index (κ2) is 13.2. The molecule has 284 valence electrons. The first kappa shape index (κ1) is 34.3. The van der Waals surface area contributed by atoms with Crippen molar-refractivity contribution >= 4 is 59.0 Å². The van der Waals surface area contributed by atoms with Crippen LogP contribution in [0, 0.1) is 0 Å². The summed E-state index contributed by atoms with van der Waals surface area (Å²) >= 11 is 1.86. The molecule has 12 aromatic rings. The van der Waals surface area contributed by atoms with Crippen LogP contribution in [0.3, 0.4) is 0 Å². The summed E-state index contributed by atoms with van der Waals surface area (Å²) in [6.45, 7) is 0. The molecule has 0 atom stereocenters. The molecule has 0 saturated carbocycles. The van der Waals surface area contributed by atoms with E-state index in [1.807, 2.05) is 11.3 Å². The zero-order valence-electron chi connectivity index (χ0n) is 33.1. The van der Waals surface area contributed by atoms with E-state index in [1.54, 1.807) is 0 Å². The number of aromatic nitrogens is 2. The van der Waals surface area contributed by atoms with Crippen molar-refractivity contribution in [1.29, 1.82) is 0 Å². The summed E-state index contributed by atoms with van der Waals surface area (Å²) in [6, 6.07) is 80.3. The van der Waals surface area contributed by atoms with Crippen LogP contribution in [-0.2, 0) is 5.41 Å². The minimum atomic E-state index is -0.391. The molecule has 61 heavy (non-hydrogen) atoms.